The molecule has 0 saturated heterocycles. The van der Waals surface area contributed by atoms with Crippen molar-refractivity contribution in [1.82, 2.24) is 14.9 Å². The van der Waals surface area contributed by atoms with Crippen LogP contribution in [0.3, 0.4) is 0 Å². The van der Waals surface area contributed by atoms with Crippen LogP contribution in [0.1, 0.15) is 20.7 Å². The van der Waals surface area contributed by atoms with Gasteiger partial charge in [0.05, 0.1) is 11.1 Å². The van der Waals surface area contributed by atoms with Gasteiger partial charge in [-0.05, 0) is 24.3 Å². The first kappa shape index (κ1) is 17.9. The molecule has 2 aromatic rings. The van der Waals surface area contributed by atoms with Crippen molar-refractivity contribution in [2.45, 2.75) is 0 Å². The van der Waals surface area contributed by atoms with Crippen molar-refractivity contribution < 1.29 is 14.7 Å². The Hall–Kier alpha value is -2.18. The predicted octanol–water partition coefficient (Wildman–Crippen LogP) is 2.87. The highest BCUT2D eigenvalue weighted by atomic mass is 35.5. The van der Waals surface area contributed by atoms with Crippen molar-refractivity contribution in [2.75, 3.05) is 14.1 Å². The molecule has 0 aliphatic rings. The second kappa shape index (κ2) is 8.31. The number of hydrogen-bond donors (Lipinski definition) is 1. The number of pyridine rings is 2. The summed E-state index contributed by atoms with van der Waals surface area (Å²) in [5.41, 5.74) is 0.689. The van der Waals surface area contributed by atoms with Crippen LogP contribution in [0.2, 0.25) is 10.3 Å². The fourth-order valence-corrected chi connectivity index (χ4v) is 1.49. The number of nitrogens with zero attached hydrogens (tertiary/aromatic N) is 3. The maximum Gasteiger partial charge on any atom is 0.337 e. The number of carbonyl (C=O) groups is 2. The molecule has 0 bridgehead atoms. The first-order chi connectivity index (χ1) is 10.3. The lowest BCUT2D eigenvalue weighted by Gasteiger charge is -2.08. The molecule has 2 aromatic heterocycles. The minimum absolute atomic E-state index is 0.0702. The average Bonchev–Trinajstić information content (AvgIpc) is 2.48. The van der Waals surface area contributed by atoms with E-state index in [4.69, 9.17) is 28.3 Å². The van der Waals surface area contributed by atoms with Gasteiger partial charge in [-0.1, -0.05) is 23.2 Å². The minimum atomic E-state index is -0.996. The third-order valence-electron chi connectivity index (χ3n) is 2.35. The first-order valence-electron chi connectivity index (χ1n) is 5.99. The van der Waals surface area contributed by atoms with Crippen LogP contribution in [0.5, 0.6) is 0 Å². The van der Waals surface area contributed by atoms with E-state index in [1.807, 2.05) is 0 Å². The van der Waals surface area contributed by atoms with Gasteiger partial charge in [0.15, 0.2) is 0 Å². The van der Waals surface area contributed by atoms with Crippen LogP contribution in [-0.4, -0.2) is 45.9 Å². The molecule has 2 heterocycles. The zero-order valence-corrected chi connectivity index (χ0v) is 13.3. The average molecular weight is 342 g/mol. The number of rotatable bonds is 2. The number of aromatic carboxylic acids is 1. The van der Waals surface area contributed by atoms with Crippen LogP contribution in [0, 0.1) is 0 Å². The molecule has 0 radical (unpaired) electrons. The van der Waals surface area contributed by atoms with Gasteiger partial charge in [0.25, 0.3) is 5.91 Å². The Kier molecular flexibility index (Phi) is 6.75. The van der Waals surface area contributed by atoms with Crippen LogP contribution in [0.15, 0.2) is 36.7 Å². The van der Waals surface area contributed by atoms with E-state index in [-0.39, 0.29) is 11.5 Å². The van der Waals surface area contributed by atoms with E-state index in [0.29, 0.717) is 15.9 Å². The summed E-state index contributed by atoms with van der Waals surface area (Å²) in [6.45, 7) is 0. The largest absolute Gasteiger partial charge is 0.478 e. The highest BCUT2D eigenvalue weighted by molar-refractivity contribution is 6.29. The van der Waals surface area contributed by atoms with Gasteiger partial charge in [0, 0.05) is 26.5 Å². The minimum Gasteiger partial charge on any atom is -0.478 e. The molecule has 0 unspecified atom stereocenters. The number of carbonyl (C=O) groups excluding carboxylic acids is 1. The van der Waals surface area contributed by atoms with Crippen molar-refractivity contribution >= 4 is 35.1 Å². The maximum atomic E-state index is 11.3. The van der Waals surface area contributed by atoms with Gasteiger partial charge in [0.1, 0.15) is 10.3 Å². The Morgan fingerprint density at radius 3 is 1.73 bits per heavy atom. The molecular weight excluding hydrogens is 329 g/mol. The fourth-order valence-electron chi connectivity index (χ4n) is 1.26. The van der Waals surface area contributed by atoms with Crippen molar-refractivity contribution in [3.8, 4) is 0 Å². The number of aromatic nitrogens is 2. The van der Waals surface area contributed by atoms with Crippen LogP contribution >= 0.6 is 23.2 Å². The molecule has 2 rings (SSSR count). The van der Waals surface area contributed by atoms with E-state index in [1.165, 1.54) is 29.4 Å². The Bertz CT molecular complexity index is 643. The topological polar surface area (TPSA) is 83.4 Å². The van der Waals surface area contributed by atoms with E-state index in [1.54, 1.807) is 26.2 Å². The van der Waals surface area contributed by atoms with Crippen molar-refractivity contribution in [3.63, 3.8) is 0 Å². The maximum absolute atomic E-state index is 11.3. The summed E-state index contributed by atoms with van der Waals surface area (Å²) in [5, 5.41) is 9.08. The van der Waals surface area contributed by atoms with Crippen LogP contribution in [0.4, 0.5) is 0 Å². The molecule has 116 valence electrons. The first-order valence-corrected chi connectivity index (χ1v) is 6.75. The molecule has 6 nitrogen and oxygen atoms in total. The Labute approximate surface area is 137 Å². The smallest absolute Gasteiger partial charge is 0.337 e. The van der Waals surface area contributed by atoms with E-state index in [0.717, 1.165) is 0 Å². The quantitative estimate of drug-likeness (QED) is 0.849. The Morgan fingerprint density at radius 1 is 0.955 bits per heavy atom. The van der Waals surface area contributed by atoms with Gasteiger partial charge in [-0.2, -0.15) is 0 Å². The third kappa shape index (κ3) is 5.67. The van der Waals surface area contributed by atoms with Crippen LogP contribution in [0.25, 0.3) is 0 Å². The van der Waals surface area contributed by atoms with Gasteiger partial charge < -0.3 is 10.0 Å². The molecule has 0 aliphatic carbocycles. The molecule has 0 spiro atoms. The van der Waals surface area contributed by atoms with Crippen molar-refractivity contribution in [2.24, 2.45) is 0 Å². The van der Waals surface area contributed by atoms with Crippen molar-refractivity contribution in [1.29, 1.82) is 0 Å². The predicted molar refractivity (Wildman–Crippen MR) is 83.5 cm³/mol. The standard InChI is InChI=1S/C8H9ClN2O.C6H4ClNO2/c1-11(2)8(12)6-3-4-7(9)10-5-6;7-5-2-1-4(3-8-5)6(9)10/h3-5H,1-2H3;1-3H,(H,9,10). The lowest BCUT2D eigenvalue weighted by molar-refractivity contribution is 0.0696. The van der Waals surface area contributed by atoms with Gasteiger partial charge in [-0.15, -0.1) is 0 Å². The van der Waals surface area contributed by atoms with E-state index >= 15 is 0 Å². The second-order valence-electron chi connectivity index (χ2n) is 4.24. The summed E-state index contributed by atoms with van der Waals surface area (Å²) in [6.07, 6.45) is 2.68. The molecule has 0 saturated carbocycles. The zero-order chi connectivity index (χ0) is 16.7. The van der Waals surface area contributed by atoms with Gasteiger partial charge in [-0.25, -0.2) is 14.8 Å². The molecule has 8 heteroatoms. The lowest BCUT2D eigenvalue weighted by Crippen LogP contribution is -2.21. The molecule has 1 N–H and O–H groups in total. The number of amides is 1. The molecule has 0 aliphatic heterocycles. The van der Waals surface area contributed by atoms with Crippen LogP contribution < -0.4 is 0 Å². The highest BCUT2D eigenvalue weighted by Gasteiger charge is 2.06. The van der Waals surface area contributed by atoms with Crippen LogP contribution in [-0.2, 0) is 0 Å². The van der Waals surface area contributed by atoms with Gasteiger partial charge in [-0.3, -0.25) is 4.79 Å². The SMILES string of the molecule is CN(C)C(=O)c1ccc(Cl)nc1.O=C(O)c1ccc(Cl)nc1. The summed E-state index contributed by atoms with van der Waals surface area (Å²) < 4.78 is 0. The number of halogens is 2. The molecule has 0 atom stereocenters. The fraction of sp³-hybridized carbons (Fsp3) is 0.143. The number of carboxylic acid groups (broad SMARTS) is 1. The van der Waals surface area contributed by atoms with E-state index in [2.05, 4.69) is 9.97 Å². The summed E-state index contributed by atoms with van der Waals surface area (Å²) in [7, 11) is 3.38. The normalized spacial score (nSPS) is 9.45. The number of carboxylic acids is 1. The summed E-state index contributed by atoms with van der Waals surface area (Å²) in [5.74, 6) is -1.07. The van der Waals surface area contributed by atoms with Gasteiger partial charge >= 0.3 is 5.97 Å². The lowest BCUT2D eigenvalue weighted by atomic mass is 10.2. The van der Waals surface area contributed by atoms with Crippen molar-refractivity contribution in [3.05, 3.63) is 58.1 Å². The summed E-state index contributed by atoms with van der Waals surface area (Å²) >= 11 is 11.0. The summed E-state index contributed by atoms with van der Waals surface area (Å²) in [4.78, 5) is 30.4. The molecule has 0 aromatic carbocycles. The highest BCUT2D eigenvalue weighted by Crippen LogP contribution is 2.06. The molecule has 22 heavy (non-hydrogen) atoms. The van der Waals surface area contributed by atoms with E-state index < -0.39 is 5.97 Å². The Morgan fingerprint density at radius 2 is 1.41 bits per heavy atom. The van der Waals surface area contributed by atoms with E-state index in [9.17, 15) is 9.59 Å². The third-order valence-corrected chi connectivity index (χ3v) is 2.80. The monoisotopic (exact) mass is 341 g/mol. The molecular formula is C14H13Cl2N3O3. The second-order valence-corrected chi connectivity index (χ2v) is 5.02. The molecule has 1 amide bonds. The molecule has 0 fully saturated rings. The Balaban J connectivity index is 0.000000224. The van der Waals surface area contributed by atoms with Gasteiger partial charge in [0.2, 0.25) is 0 Å². The number of hydrogen-bond acceptors (Lipinski definition) is 4. The zero-order valence-electron chi connectivity index (χ0n) is 11.8. The summed E-state index contributed by atoms with van der Waals surface area (Å²) in [6, 6.07) is 6.08.